The molecule has 0 spiro atoms. The van der Waals surface area contributed by atoms with Gasteiger partial charge in [0.05, 0.1) is 5.92 Å². The fourth-order valence-corrected chi connectivity index (χ4v) is 3.25. The van der Waals surface area contributed by atoms with Crippen LogP contribution in [0.4, 0.5) is 5.69 Å². The molecular weight excluding hydrogens is 482 g/mol. The van der Waals surface area contributed by atoms with Crippen molar-refractivity contribution in [3.63, 3.8) is 0 Å². The van der Waals surface area contributed by atoms with Crippen LogP contribution in [0.3, 0.4) is 0 Å². The molecule has 0 saturated carbocycles. The highest BCUT2D eigenvalue weighted by Gasteiger charge is 2.36. The molecule has 2 N–H and O–H groups in total. The van der Waals surface area contributed by atoms with Crippen molar-refractivity contribution in [2.75, 3.05) is 24.7 Å². The van der Waals surface area contributed by atoms with Gasteiger partial charge in [-0.2, -0.15) is 0 Å². The first kappa shape index (κ1) is 23.3. The summed E-state index contributed by atoms with van der Waals surface area (Å²) in [6, 6.07) is 14.3. The Morgan fingerprint density at radius 2 is 1.62 bits per heavy atom. The molecule has 9 nitrogen and oxygen atoms in total. The topological polar surface area (TPSA) is 114 Å². The molecular formula is C22H22BrN3O6. The summed E-state index contributed by atoms with van der Waals surface area (Å²) >= 11 is 3.29. The smallest absolute Gasteiger partial charge is 0.311 e. The minimum Gasteiger partial charge on any atom is -0.484 e. The summed E-state index contributed by atoms with van der Waals surface area (Å²) in [7, 11) is 0. The molecule has 0 radical (unpaired) electrons. The fourth-order valence-electron chi connectivity index (χ4n) is 2.99. The van der Waals surface area contributed by atoms with Crippen LogP contribution in [0.2, 0.25) is 0 Å². The number of halogens is 1. The lowest BCUT2D eigenvalue weighted by Gasteiger charge is -2.16. The van der Waals surface area contributed by atoms with Gasteiger partial charge in [0.25, 0.3) is 11.8 Å². The van der Waals surface area contributed by atoms with E-state index in [1.165, 1.54) is 4.90 Å². The average molecular weight is 504 g/mol. The summed E-state index contributed by atoms with van der Waals surface area (Å²) in [5, 5.41) is 0. The molecule has 0 aliphatic carbocycles. The summed E-state index contributed by atoms with van der Waals surface area (Å²) in [5.41, 5.74) is 6.09. The number of nitrogens with zero attached hydrogens (tertiary/aromatic N) is 1. The number of aryl methyl sites for hydroxylation is 1. The molecule has 1 aliphatic rings. The Bertz CT molecular complexity index is 994. The maximum atomic E-state index is 12.3. The minimum atomic E-state index is -0.713. The Labute approximate surface area is 193 Å². The number of carbonyl (C=O) groups excluding carboxylic acids is 4. The zero-order chi connectivity index (χ0) is 23.1. The lowest BCUT2D eigenvalue weighted by molar-refractivity contribution is -0.152. The van der Waals surface area contributed by atoms with Gasteiger partial charge in [-0.25, -0.2) is 0 Å². The van der Waals surface area contributed by atoms with Gasteiger partial charge in [-0.05, 0) is 43.3 Å². The van der Waals surface area contributed by atoms with Gasteiger partial charge in [-0.15, -0.1) is 0 Å². The Morgan fingerprint density at radius 1 is 1.00 bits per heavy atom. The number of anilines is 1. The molecule has 1 saturated heterocycles. The Balaban J connectivity index is 1.36. The number of hydrogen-bond donors (Lipinski definition) is 2. The van der Waals surface area contributed by atoms with Gasteiger partial charge in [0.2, 0.25) is 5.91 Å². The third-order valence-electron chi connectivity index (χ3n) is 4.67. The van der Waals surface area contributed by atoms with Crippen LogP contribution in [0.25, 0.3) is 0 Å². The molecule has 1 unspecified atom stereocenters. The molecule has 1 heterocycles. The molecule has 2 aromatic rings. The first-order valence-corrected chi connectivity index (χ1v) is 10.6. The molecule has 1 aliphatic heterocycles. The summed E-state index contributed by atoms with van der Waals surface area (Å²) in [4.78, 5) is 49.6. The lowest BCUT2D eigenvalue weighted by Crippen LogP contribution is -2.45. The molecule has 1 fully saturated rings. The van der Waals surface area contributed by atoms with E-state index in [0.717, 1.165) is 10.0 Å². The van der Waals surface area contributed by atoms with Crippen molar-refractivity contribution in [3.05, 3.63) is 58.6 Å². The van der Waals surface area contributed by atoms with Crippen molar-refractivity contribution in [1.29, 1.82) is 0 Å². The van der Waals surface area contributed by atoms with Crippen LogP contribution in [0, 0.1) is 12.8 Å². The third kappa shape index (κ3) is 6.55. The normalized spacial score (nSPS) is 15.2. The van der Waals surface area contributed by atoms with Crippen LogP contribution < -0.4 is 20.5 Å². The SMILES string of the molecule is Cc1ccc(N2CC(C(=O)OCC(=O)NNC(=O)COc3ccc(Br)cc3)CC2=O)cc1. The third-order valence-corrected chi connectivity index (χ3v) is 5.20. The number of esters is 1. The molecule has 3 amide bonds. The van der Waals surface area contributed by atoms with Crippen LogP contribution in [-0.4, -0.2) is 43.4 Å². The van der Waals surface area contributed by atoms with E-state index in [9.17, 15) is 19.2 Å². The van der Waals surface area contributed by atoms with Crippen LogP contribution >= 0.6 is 15.9 Å². The van der Waals surface area contributed by atoms with Crippen molar-refractivity contribution in [2.45, 2.75) is 13.3 Å². The maximum Gasteiger partial charge on any atom is 0.311 e. The minimum absolute atomic E-state index is 0.0124. The lowest BCUT2D eigenvalue weighted by atomic mass is 10.1. The van der Waals surface area contributed by atoms with E-state index >= 15 is 0 Å². The maximum absolute atomic E-state index is 12.3. The van der Waals surface area contributed by atoms with Crippen LogP contribution in [0.1, 0.15) is 12.0 Å². The number of carbonyl (C=O) groups is 4. The van der Waals surface area contributed by atoms with Crippen molar-refractivity contribution < 1.29 is 28.7 Å². The number of amides is 3. The highest BCUT2D eigenvalue weighted by Crippen LogP contribution is 2.26. The van der Waals surface area contributed by atoms with E-state index in [2.05, 4.69) is 26.8 Å². The van der Waals surface area contributed by atoms with Crippen molar-refractivity contribution in [3.8, 4) is 5.75 Å². The van der Waals surface area contributed by atoms with E-state index in [4.69, 9.17) is 9.47 Å². The highest BCUT2D eigenvalue weighted by molar-refractivity contribution is 9.10. The highest BCUT2D eigenvalue weighted by atomic mass is 79.9. The zero-order valence-corrected chi connectivity index (χ0v) is 18.9. The number of nitrogens with one attached hydrogen (secondary N) is 2. The summed E-state index contributed by atoms with van der Waals surface area (Å²) in [6.07, 6.45) is 0.0124. The van der Waals surface area contributed by atoms with E-state index in [1.807, 2.05) is 31.2 Å². The molecule has 0 aromatic heterocycles. The quantitative estimate of drug-likeness (QED) is 0.440. The zero-order valence-electron chi connectivity index (χ0n) is 17.3. The van der Waals surface area contributed by atoms with E-state index in [1.54, 1.807) is 24.3 Å². The molecule has 0 bridgehead atoms. The largest absolute Gasteiger partial charge is 0.484 e. The van der Waals surface area contributed by atoms with Crippen molar-refractivity contribution in [1.82, 2.24) is 10.9 Å². The fraction of sp³-hybridized carbons (Fsp3) is 0.273. The number of hydrogen-bond acceptors (Lipinski definition) is 6. The first-order valence-electron chi connectivity index (χ1n) is 9.81. The number of rotatable bonds is 7. The summed E-state index contributed by atoms with van der Waals surface area (Å²) in [5.74, 6) is -2.29. The Morgan fingerprint density at radius 3 is 2.28 bits per heavy atom. The second-order valence-corrected chi connectivity index (χ2v) is 8.10. The Hall–Kier alpha value is -3.40. The second kappa shape index (κ2) is 10.8. The summed E-state index contributed by atoms with van der Waals surface area (Å²) < 4.78 is 11.1. The van der Waals surface area contributed by atoms with Gasteiger partial charge in [-0.3, -0.25) is 30.0 Å². The molecule has 1 atom stereocenters. The Kier molecular flexibility index (Phi) is 7.82. The molecule has 10 heteroatoms. The van der Waals surface area contributed by atoms with E-state index < -0.39 is 30.3 Å². The number of benzene rings is 2. The second-order valence-electron chi connectivity index (χ2n) is 7.19. The monoisotopic (exact) mass is 503 g/mol. The van der Waals surface area contributed by atoms with Crippen LogP contribution in [-0.2, 0) is 23.9 Å². The molecule has 168 valence electrons. The van der Waals surface area contributed by atoms with Crippen LogP contribution in [0.5, 0.6) is 5.75 Å². The molecule has 32 heavy (non-hydrogen) atoms. The summed E-state index contributed by atoms with van der Waals surface area (Å²) in [6.45, 7) is 1.24. The van der Waals surface area contributed by atoms with Crippen LogP contribution in [0.15, 0.2) is 53.0 Å². The number of hydrazine groups is 1. The average Bonchev–Trinajstić information content (AvgIpc) is 3.17. The van der Waals surface area contributed by atoms with Crippen molar-refractivity contribution >= 4 is 45.3 Å². The molecule has 2 aromatic carbocycles. The number of ether oxygens (including phenoxy) is 2. The standard InChI is InChI=1S/C22H22BrN3O6/c1-14-2-6-17(7-3-14)26-11-15(10-21(26)29)22(30)32-13-20(28)25-24-19(27)12-31-18-8-4-16(23)5-9-18/h2-9,15H,10-13H2,1H3,(H,24,27)(H,25,28). The van der Waals surface area contributed by atoms with Gasteiger partial charge in [0.1, 0.15) is 5.75 Å². The predicted octanol–water partition coefficient (Wildman–Crippen LogP) is 1.88. The molecule has 3 rings (SSSR count). The van der Waals surface area contributed by atoms with E-state index in [0.29, 0.717) is 11.4 Å². The van der Waals surface area contributed by atoms with Gasteiger partial charge in [0.15, 0.2) is 13.2 Å². The van der Waals surface area contributed by atoms with E-state index in [-0.39, 0.29) is 25.5 Å². The van der Waals surface area contributed by atoms with Gasteiger partial charge in [0, 0.05) is 23.1 Å². The van der Waals surface area contributed by atoms with Gasteiger partial charge >= 0.3 is 5.97 Å². The predicted molar refractivity (Wildman–Crippen MR) is 119 cm³/mol. The first-order chi connectivity index (χ1) is 15.3. The van der Waals surface area contributed by atoms with Crippen molar-refractivity contribution in [2.24, 2.45) is 5.92 Å². The van der Waals surface area contributed by atoms with Gasteiger partial charge < -0.3 is 14.4 Å². The van der Waals surface area contributed by atoms with Gasteiger partial charge in [-0.1, -0.05) is 33.6 Å².